The van der Waals surface area contributed by atoms with Crippen LogP contribution in [0.5, 0.6) is 0 Å². The van der Waals surface area contributed by atoms with Crippen molar-refractivity contribution in [1.82, 2.24) is 20.2 Å². The molecule has 0 aromatic carbocycles. The molecule has 6 nitrogen and oxygen atoms in total. The summed E-state index contributed by atoms with van der Waals surface area (Å²) in [7, 11) is 3.78. The quantitative estimate of drug-likeness (QED) is 0.363. The minimum absolute atomic E-state index is 0.0393. The van der Waals surface area contributed by atoms with Crippen molar-refractivity contribution < 1.29 is 4.74 Å². The molecule has 0 fully saturated rings. The summed E-state index contributed by atoms with van der Waals surface area (Å²) in [6, 6.07) is 0. The second-order valence-electron chi connectivity index (χ2n) is 7.43. The Kier molecular flexibility index (Phi) is 8.44. The van der Waals surface area contributed by atoms with Gasteiger partial charge in [-0.15, -0.1) is 22.7 Å². The van der Waals surface area contributed by atoms with Crippen LogP contribution in [0.3, 0.4) is 0 Å². The Morgan fingerprint density at radius 3 is 2.93 bits per heavy atom. The van der Waals surface area contributed by atoms with Crippen molar-refractivity contribution in [2.45, 2.75) is 65.0 Å². The van der Waals surface area contributed by atoms with E-state index in [1.165, 1.54) is 41.3 Å². The van der Waals surface area contributed by atoms with E-state index < -0.39 is 0 Å². The number of aliphatic imine (C=N–C) groups is 1. The van der Waals surface area contributed by atoms with Gasteiger partial charge in [0.2, 0.25) is 0 Å². The third kappa shape index (κ3) is 6.23. The SMILES string of the molecule is CCNC(=NCCCc1nc2c(s1)CCCC2)N(C)Cc1csc(C(C)OC)n1. The first-order chi connectivity index (χ1) is 14.1. The molecule has 0 aliphatic heterocycles. The molecule has 2 aromatic rings. The van der Waals surface area contributed by atoms with Crippen LogP contribution in [0, 0.1) is 0 Å². The van der Waals surface area contributed by atoms with Crippen LogP contribution in [0.15, 0.2) is 10.4 Å². The van der Waals surface area contributed by atoms with Gasteiger partial charge in [-0.05, 0) is 46.0 Å². The highest BCUT2D eigenvalue weighted by Gasteiger charge is 2.15. The Morgan fingerprint density at radius 2 is 2.17 bits per heavy atom. The van der Waals surface area contributed by atoms with E-state index in [2.05, 4.69) is 29.6 Å². The molecule has 1 unspecified atom stereocenters. The van der Waals surface area contributed by atoms with Crippen LogP contribution in [-0.2, 0) is 30.5 Å². The fourth-order valence-corrected chi connectivity index (χ4v) is 5.44. The maximum absolute atomic E-state index is 5.36. The van der Waals surface area contributed by atoms with Crippen molar-refractivity contribution >= 4 is 28.6 Å². The number of aromatic nitrogens is 2. The van der Waals surface area contributed by atoms with E-state index in [-0.39, 0.29) is 6.10 Å². The zero-order chi connectivity index (χ0) is 20.6. The standard InChI is InChI=1S/C21H33N5OS2/c1-5-22-21(26(3)13-16-14-28-20(24-16)15(2)27-4)23-12-8-11-19-25-17-9-6-7-10-18(17)29-19/h14-15H,5-13H2,1-4H3,(H,22,23). The van der Waals surface area contributed by atoms with Gasteiger partial charge >= 0.3 is 0 Å². The molecule has 0 saturated carbocycles. The van der Waals surface area contributed by atoms with Crippen molar-refractivity contribution in [3.8, 4) is 0 Å². The van der Waals surface area contributed by atoms with Gasteiger partial charge in [-0.1, -0.05) is 0 Å². The molecule has 1 aliphatic rings. The highest BCUT2D eigenvalue weighted by Crippen LogP contribution is 2.27. The average Bonchev–Trinajstić information content (AvgIpc) is 3.36. The molecule has 1 N–H and O–H groups in total. The Bertz CT molecular complexity index is 777. The van der Waals surface area contributed by atoms with Crippen LogP contribution in [0.4, 0.5) is 0 Å². The topological polar surface area (TPSA) is 62.6 Å². The second-order valence-corrected chi connectivity index (χ2v) is 9.49. The number of ether oxygens (including phenoxy) is 1. The zero-order valence-corrected chi connectivity index (χ0v) is 19.7. The number of thiazole rings is 2. The van der Waals surface area contributed by atoms with Gasteiger partial charge in [-0.25, -0.2) is 9.97 Å². The van der Waals surface area contributed by atoms with E-state index >= 15 is 0 Å². The molecular formula is C21H33N5OS2. The Labute approximate surface area is 182 Å². The molecule has 0 bridgehead atoms. The summed E-state index contributed by atoms with van der Waals surface area (Å²) in [5.74, 6) is 0.931. The lowest BCUT2D eigenvalue weighted by atomic mass is 10.0. The predicted molar refractivity (Wildman–Crippen MR) is 122 cm³/mol. The number of guanidine groups is 1. The number of nitrogens with zero attached hydrogens (tertiary/aromatic N) is 4. The Hall–Kier alpha value is -1.51. The summed E-state index contributed by atoms with van der Waals surface area (Å²) in [6.07, 6.45) is 7.10. The first-order valence-corrected chi connectivity index (χ1v) is 12.2. The van der Waals surface area contributed by atoms with Crippen LogP contribution in [0.2, 0.25) is 0 Å². The van der Waals surface area contributed by atoms with Gasteiger partial charge in [0.05, 0.1) is 22.9 Å². The Balaban J connectivity index is 1.51. The molecule has 0 spiro atoms. The molecule has 29 heavy (non-hydrogen) atoms. The largest absolute Gasteiger partial charge is 0.375 e. The van der Waals surface area contributed by atoms with Crippen LogP contribution < -0.4 is 5.32 Å². The van der Waals surface area contributed by atoms with Crippen molar-refractivity contribution in [3.05, 3.63) is 31.7 Å². The molecule has 8 heteroatoms. The number of nitrogens with one attached hydrogen (secondary N) is 1. The lowest BCUT2D eigenvalue weighted by molar-refractivity contribution is 0.119. The van der Waals surface area contributed by atoms with Crippen LogP contribution in [0.1, 0.15) is 65.5 Å². The second kappa shape index (κ2) is 11.0. The molecule has 160 valence electrons. The molecule has 0 amide bonds. The van der Waals surface area contributed by atoms with Gasteiger partial charge in [0.15, 0.2) is 5.96 Å². The van der Waals surface area contributed by atoms with Crippen LogP contribution in [-0.4, -0.2) is 48.1 Å². The number of methoxy groups -OCH3 is 1. The van der Waals surface area contributed by atoms with E-state index in [1.54, 1.807) is 18.4 Å². The van der Waals surface area contributed by atoms with Crippen LogP contribution >= 0.6 is 22.7 Å². The van der Waals surface area contributed by atoms with Gasteiger partial charge in [0.1, 0.15) is 11.1 Å². The van der Waals surface area contributed by atoms with Gasteiger partial charge in [-0.2, -0.15) is 0 Å². The zero-order valence-electron chi connectivity index (χ0n) is 18.0. The number of hydrogen-bond acceptors (Lipinski definition) is 6. The fraction of sp³-hybridized carbons (Fsp3) is 0.667. The highest BCUT2D eigenvalue weighted by atomic mass is 32.1. The number of fused-ring (bicyclic) bond motifs is 1. The number of hydrogen-bond donors (Lipinski definition) is 1. The molecule has 0 saturated heterocycles. The molecule has 3 rings (SSSR count). The van der Waals surface area contributed by atoms with Gasteiger partial charge in [-0.3, -0.25) is 4.99 Å². The molecular weight excluding hydrogens is 402 g/mol. The van der Waals surface area contributed by atoms with E-state index in [1.807, 2.05) is 18.3 Å². The van der Waals surface area contributed by atoms with Crippen molar-refractivity contribution in [1.29, 1.82) is 0 Å². The van der Waals surface area contributed by atoms with Gasteiger partial charge < -0.3 is 15.0 Å². The molecule has 1 aliphatic carbocycles. The summed E-state index contributed by atoms with van der Waals surface area (Å²) >= 11 is 3.57. The monoisotopic (exact) mass is 435 g/mol. The van der Waals surface area contributed by atoms with Crippen molar-refractivity contribution in [3.63, 3.8) is 0 Å². The summed E-state index contributed by atoms with van der Waals surface area (Å²) in [5, 5.41) is 7.80. The summed E-state index contributed by atoms with van der Waals surface area (Å²) in [5.41, 5.74) is 2.41. The minimum atomic E-state index is 0.0393. The number of rotatable bonds is 9. The first kappa shape index (κ1) is 22.2. The molecule has 0 radical (unpaired) electrons. The molecule has 2 heterocycles. The smallest absolute Gasteiger partial charge is 0.194 e. The van der Waals surface area contributed by atoms with Gasteiger partial charge in [0, 0.05) is 43.9 Å². The van der Waals surface area contributed by atoms with E-state index in [0.717, 1.165) is 49.1 Å². The molecule has 2 aromatic heterocycles. The lowest BCUT2D eigenvalue weighted by Crippen LogP contribution is -2.38. The summed E-state index contributed by atoms with van der Waals surface area (Å²) in [6.45, 7) is 6.52. The van der Waals surface area contributed by atoms with Gasteiger partial charge in [0.25, 0.3) is 0 Å². The van der Waals surface area contributed by atoms with Crippen molar-refractivity contribution in [2.24, 2.45) is 4.99 Å². The minimum Gasteiger partial charge on any atom is -0.375 e. The highest BCUT2D eigenvalue weighted by molar-refractivity contribution is 7.11. The summed E-state index contributed by atoms with van der Waals surface area (Å²) < 4.78 is 5.36. The fourth-order valence-electron chi connectivity index (χ4n) is 3.40. The number of aryl methyl sites for hydroxylation is 3. The summed E-state index contributed by atoms with van der Waals surface area (Å²) in [4.78, 5) is 18.0. The Morgan fingerprint density at radius 1 is 1.34 bits per heavy atom. The van der Waals surface area contributed by atoms with Crippen molar-refractivity contribution in [2.75, 3.05) is 27.2 Å². The van der Waals surface area contributed by atoms with E-state index in [4.69, 9.17) is 19.7 Å². The maximum atomic E-state index is 5.36. The normalized spacial score (nSPS) is 15.2. The van der Waals surface area contributed by atoms with Crippen LogP contribution in [0.25, 0.3) is 0 Å². The van der Waals surface area contributed by atoms with E-state index in [9.17, 15) is 0 Å². The predicted octanol–water partition coefficient (Wildman–Crippen LogP) is 4.22. The third-order valence-electron chi connectivity index (χ3n) is 5.07. The first-order valence-electron chi connectivity index (χ1n) is 10.5. The maximum Gasteiger partial charge on any atom is 0.194 e. The third-order valence-corrected chi connectivity index (χ3v) is 7.34. The van der Waals surface area contributed by atoms with E-state index in [0.29, 0.717) is 0 Å². The molecule has 1 atom stereocenters. The average molecular weight is 436 g/mol. The lowest BCUT2D eigenvalue weighted by Gasteiger charge is -2.21.